The van der Waals surface area contributed by atoms with Crippen LogP contribution in [0.2, 0.25) is 0 Å². The molecule has 4 nitrogen and oxygen atoms in total. The van der Waals surface area contributed by atoms with E-state index in [0.29, 0.717) is 6.54 Å². The lowest BCUT2D eigenvalue weighted by molar-refractivity contribution is -0.144. The fraction of sp³-hybridized carbons (Fsp3) is 0.667. The van der Waals surface area contributed by atoms with Crippen molar-refractivity contribution in [1.82, 2.24) is 9.97 Å². The van der Waals surface area contributed by atoms with Gasteiger partial charge >= 0.3 is 6.18 Å². The van der Waals surface area contributed by atoms with E-state index >= 15 is 0 Å². The lowest BCUT2D eigenvalue weighted by Gasteiger charge is -2.11. The first-order chi connectivity index (χ1) is 8.99. The summed E-state index contributed by atoms with van der Waals surface area (Å²) in [5, 5.41) is 5.53. The first-order valence-electron chi connectivity index (χ1n) is 6.37. The van der Waals surface area contributed by atoms with Crippen LogP contribution in [0.4, 0.5) is 24.8 Å². The second-order valence-corrected chi connectivity index (χ2v) is 4.72. The minimum atomic E-state index is -4.53. The van der Waals surface area contributed by atoms with Crippen LogP contribution in [0.3, 0.4) is 0 Å². The number of hydrogen-bond donors (Lipinski definition) is 2. The second-order valence-electron chi connectivity index (χ2n) is 4.72. The average Bonchev–Trinajstić information content (AvgIpc) is 3.17. The maximum Gasteiger partial charge on any atom is 0.451 e. The summed E-state index contributed by atoms with van der Waals surface area (Å²) in [5.41, 5.74) is 0. The molecule has 1 heterocycles. The Morgan fingerprint density at radius 1 is 1.26 bits per heavy atom. The third-order valence-corrected chi connectivity index (χ3v) is 3.03. The smallest absolute Gasteiger partial charge is 0.373 e. The molecular weight excluding hydrogens is 257 g/mol. The van der Waals surface area contributed by atoms with Crippen molar-refractivity contribution in [1.29, 1.82) is 0 Å². The zero-order chi connectivity index (χ0) is 13.9. The summed E-state index contributed by atoms with van der Waals surface area (Å²) in [4.78, 5) is 6.90. The van der Waals surface area contributed by atoms with Crippen LogP contribution < -0.4 is 10.6 Å². The molecule has 0 atom stereocenters. The van der Waals surface area contributed by atoms with Crippen molar-refractivity contribution in [3.8, 4) is 0 Å². The van der Waals surface area contributed by atoms with E-state index < -0.39 is 12.0 Å². The minimum Gasteiger partial charge on any atom is -0.373 e. The van der Waals surface area contributed by atoms with E-state index in [1.165, 1.54) is 26.0 Å². The SMILES string of the molecule is CNc1cc(NCCCC2CC2)nc(C(F)(F)F)n1. The molecule has 1 aromatic heterocycles. The van der Waals surface area contributed by atoms with Gasteiger partial charge in [-0.25, -0.2) is 9.97 Å². The zero-order valence-electron chi connectivity index (χ0n) is 10.7. The monoisotopic (exact) mass is 274 g/mol. The molecule has 0 bridgehead atoms. The molecule has 106 valence electrons. The highest BCUT2D eigenvalue weighted by Crippen LogP contribution is 2.33. The van der Waals surface area contributed by atoms with Crippen molar-refractivity contribution in [2.45, 2.75) is 31.9 Å². The molecule has 1 aromatic rings. The van der Waals surface area contributed by atoms with Gasteiger partial charge in [0.25, 0.3) is 0 Å². The van der Waals surface area contributed by atoms with Crippen LogP contribution in [-0.4, -0.2) is 23.6 Å². The van der Waals surface area contributed by atoms with Crippen molar-refractivity contribution in [2.24, 2.45) is 5.92 Å². The minimum absolute atomic E-state index is 0.159. The van der Waals surface area contributed by atoms with E-state index in [1.54, 1.807) is 0 Å². The van der Waals surface area contributed by atoms with Gasteiger partial charge in [-0.3, -0.25) is 0 Å². The van der Waals surface area contributed by atoms with Crippen molar-refractivity contribution >= 4 is 11.6 Å². The van der Waals surface area contributed by atoms with E-state index in [9.17, 15) is 13.2 Å². The Balaban J connectivity index is 1.97. The highest BCUT2D eigenvalue weighted by atomic mass is 19.4. The molecule has 0 amide bonds. The van der Waals surface area contributed by atoms with Crippen LogP contribution in [0.5, 0.6) is 0 Å². The molecule has 0 spiro atoms. The summed E-state index contributed by atoms with van der Waals surface area (Å²) in [7, 11) is 1.53. The van der Waals surface area contributed by atoms with Crippen LogP contribution >= 0.6 is 0 Å². The summed E-state index contributed by atoms with van der Waals surface area (Å²) in [6.45, 7) is 0.633. The van der Waals surface area contributed by atoms with E-state index in [2.05, 4.69) is 20.6 Å². The molecule has 7 heteroatoms. The zero-order valence-corrected chi connectivity index (χ0v) is 10.7. The lowest BCUT2D eigenvalue weighted by atomic mass is 10.2. The van der Waals surface area contributed by atoms with E-state index in [-0.39, 0.29) is 11.6 Å². The Kier molecular flexibility index (Phi) is 4.11. The highest BCUT2D eigenvalue weighted by Gasteiger charge is 2.35. The van der Waals surface area contributed by atoms with Crippen molar-refractivity contribution in [2.75, 3.05) is 24.2 Å². The molecule has 19 heavy (non-hydrogen) atoms. The molecule has 1 fully saturated rings. The topological polar surface area (TPSA) is 49.8 Å². The van der Waals surface area contributed by atoms with Gasteiger partial charge in [0.2, 0.25) is 5.82 Å². The van der Waals surface area contributed by atoms with Crippen molar-refractivity contribution < 1.29 is 13.2 Å². The van der Waals surface area contributed by atoms with Crippen molar-refractivity contribution in [3.63, 3.8) is 0 Å². The Morgan fingerprint density at radius 3 is 2.53 bits per heavy atom. The number of nitrogens with zero attached hydrogens (tertiary/aromatic N) is 2. The van der Waals surface area contributed by atoms with Gasteiger partial charge in [-0.2, -0.15) is 13.2 Å². The normalized spacial score (nSPS) is 15.4. The molecule has 0 aromatic carbocycles. The number of rotatable bonds is 6. The Morgan fingerprint density at radius 2 is 1.95 bits per heavy atom. The van der Waals surface area contributed by atoms with E-state index in [1.807, 2.05) is 0 Å². The summed E-state index contributed by atoms with van der Waals surface area (Å²) in [6, 6.07) is 1.48. The van der Waals surface area contributed by atoms with Gasteiger partial charge in [-0.05, 0) is 18.8 Å². The van der Waals surface area contributed by atoms with E-state index in [0.717, 1.165) is 18.8 Å². The highest BCUT2D eigenvalue weighted by molar-refractivity contribution is 5.47. The number of hydrogen-bond acceptors (Lipinski definition) is 4. The maximum absolute atomic E-state index is 12.6. The fourth-order valence-electron chi connectivity index (χ4n) is 1.81. The van der Waals surface area contributed by atoms with Crippen molar-refractivity contribution in [3.05, 3.63) is 11.9 Å². The lowest BCUT2D eigenvalue weighted by Crippen LogP contribution is -2.15. The van der Waals surface area contributed by atoms with Crippen LogP contribution in [0.25, 0.3) is 0 Å². The quantitative estimate of drug-likeness (QED) is 0.782. The number of halogens is 3. The van der Waals surface area contributed by atoms with Crippen LogP contribution in [-0.2, 0) is 6.18 Å². The summed E-state index contributed by atoms with van der Waals surface area (Å²) < 4.78 is 37.8. The van der Waals surface area contributed by atoms with Gasteiger partial charge in [-0.1, -0.05) is 12.8 Å². The standard InChI is InChI=1S/C12H17F3N4/c1-16-9-7-10(17-6-2-3-8-4-5-8)19-11(18-9)12(13,14)15/h7-8H,2-6H2,1H3,(H2,16,17,18,19). The molecule has 1 aliphatic rings. The Labute approximate surface area is 109 Å². The third-order valence-electron chi connectivity index (χ3n) is 3.03. The average molecular weight is 274 g/mol. The predicted octanol–water partition coefficient (Wildman–Crippen LogP) is 3.14. The van der Waals surface area contributed by atoms with Gasteiger partial charge < -0.3 is 10.6 Å². The molecular formula is C12H17F3N4. The fourth-order valence-corrected chi connectivity index (χ4v) is 1.81. The molecule has 0 radical (unpaired) electrons. The second kappa shape index (κ2) is 5.63. The molecule has 1 saturated carbocycles. The molecule has 1 aliphatic carbocycles. The molecule has 2 rings (SSSR count). The van der Waals surface area contributed by atoms with E-state index in [4.69, 9.17) is 0 Å². The number of nitrogens with one attached hydrogen (secondary N) is 2. The predicted molar refractivity (Wildman–Crippen MR) is 67.0 cm³/mol. The first-order valence-corrected chi connectivity index (χ1v) is 6.37. The van der Waals surface area contributed by atoms with Gasteiger partial charge in [0, 0.05) is 19.7 Å². The Hall–Kier alpha value is -1.53. The largest absolute Gasteiger partial charge is 0.451 e. The molecule has 0 aliphatic heterocycles. The third kappa shape index (κ3) is 4.25. The van der Waals surface area contributed by atoms with Gasteiger partial charge in [0.1, 0.15) is 11.6 Å². The summed E-state index contributed by atoms with van der Waals surface area (Å²) in [6.07, 6.45) is 0.122. The van der Waals surface area contributed by atoms with Gasteiger partial charge in [0.15, 0.2) is 0 Å². The van der Waals surface area contributed by atoms with Crippen LogP contribution in [0.15, 0.2) is 6.07 Å². The van der Waals surface area contributed by atoms with Crippen LogP contribution in [0, 0.1) is 5.92 Å². The van der Waals surface area contributed by atoms with Gasteiger partial charge in [0.05, 0.1) is 0 Å². The number of alkyl halides is 3. The molecule has 2 N–H and O–H groups in total. The number of aromatic nitrogens is 2. The Bertz CT molecular complexity index is 429. The maximum atomic E-state index is 12.6. The molecule has 0 saturated heterocycles. The first kappa shape index (κ1) is 13.9. The molecule has 0 unspecified atom stereocenters. The number of anilines is 2. The summed E-state index contributed by atoms with van der Waals surface area (Å²) >= 11 is 0. The van der Waals surface area contributed by atoms with Gasteiger partial charge in [-0.15, -0.1) is 0 Å². The van der Waals surface area contributed by atoms with Crippen LogP contribution in [0.1, 0.15) is 31.5 Å². The summed E-state index contributed by atoms with van der Waals surface area (Å²) in [5.74, 6) is 0.0735.